The van der Waals surface area contributed by atoms with E-state index in [2.05, 4.69) is 17.6 Å². The molecule has 1 heterocycles. The number of fused-ring (bicyclic) bond motifs is 1. The largest absolute Gasteiger partial charge is 0.353 e. The molecule has 3 rings (SSSR count). The lowest BCUT2D eigenvalue weighted by molar-refractivity contribution is -0.127. The Hall–Kier alpha value is -1.91. The maximum absolute atomic E-state index is 13.3. The first-order chi connectivity index (χ1) is 10.5. The summed E-state index contributed by atoms with van der Waals surface area (Å²) in [5.74, 6) is -0.583. The molecule has 1 fully saturated rings. The minimum Gasteiger partial charge on any atom is -0.353 e. The van der Waals surface area contributed by atoms with Gasteiger partial charge < -0.3 is 10.6 Å². The van der Waals surface area contributed by atoms with E-state index < -0.39 is 11.7 Å². The van der Waals surface area contributed by atoms with Crippen molar-refractivity contribution >= 4 is 17.5 Å². The third-order valence-corrected chi connectivity index (χ3v) is 4.73. The molecule has 4 nitrogen and oxygen atoms in total. The lowest BCUT2D eigenvalue weighted by Gasteiger charge is -2.30. The number of halogens is 1. The molecule has 22 heavy (non-hydrogen) atoms. The van der Waals surface area contributed by atoms with Gasteiger partial charge in [-0.3, -0.25) is 9.59 Å². The smallest absolute Gasteiger partial charge is 0.228 e. The highest BCUT2D eigenvalue weighted by atomic mass is 19.1. The number of rotatable bonds is 2. The van der Waals surface area contributed by atoms with Gasteiger partial charge in [-0.2, -0.15) is 0 Å². The van der Waals surface area contributed by atoms with E-state index in [0.717, 1.165) is 31.6 Å². The second-order valence-electron chi connectivity index (χ2n) is 6.50. The molecule has 2 N–H and O–H groups in total. The van der Waals surface area contributed by atoms with Crippen molar-refractivity contribution < 1.29 is 14.0 Å². The van der Waals surface area contributed by atoms with Gasteiger partial charge in [-0.05, 0) is 49.3 Å². The Bertz CT molecular complexity index is 594. The van der Waals surface area contributed by atoms with Crippen LogP contribution in [0.25, 0.3) is 0 Å². The van der Waals surface area contributed by atoms with Gasteiger partial charge in [0.2, 0.25) is 11.8 Å². The normalized spacial score (nSPS) is 27.7. The average Bonchev–Trinajstić information content (AvgIpc) is 2.48. The maximum atomic E-state index is 13.3. The van der Waals surface area contributed by atoms with E-state index in [9.17, 15) is 14.0 Å². The molecular formula is C17H21FN2O2. The molecule has 0 radical (unpaired) electrons. The molecule has 1 aliphatic heterocycles. The van der Waals surface area contributed by atoms with Gasteiger partial charge in [0, 0.05) is 18.2 Å². The van der Waals surface area contributed by atoms with Gasteiger partial charge in [-0.25, -0.2) is 4.39 Å². The summed E-state index contributed by atoms with van der Waals surface area (Å²) in [7, 11) is 0. The third-order valence-electron chi connectivity index (χ3n) is 4.73. The van der Waals surface area contributed by atoms with Crippen molar-refractivity contribution in [1.29, 1.82) is 0 Å². The van der Waals surface area contributed by atoms with Crippen LogP contribution in [0.5, 0.6) is 0 Å². The zero-order valence-electron chi connectivity index (χ0n) is 12.7. The van der Waals surface area contributed by atoms with Crippen LogP contribution in [0.4, 0.5) is 10.1 Å². The van der Waals surface area contributed by atoms with Gasteiger partial charge in [-0.15, -0.1) is 0 Å². The number of anilines is 1. The standard InChI is InChI=1S/C17H21FN2O2/c1-10-2-5-12(6-3-10)19-17(22)14-9-16(21)20-15-8-11(18)4-7-13(14)15/h4,7-8,10,12,14H,2-3,5-6,9H2,1H3,(H,19,22)(H,20,21)/t10?,12?,14-/m1/s1. The topological polar surface area (TPSA) is 58.2 Å². The summed E-state index contributed by atoms with van der Waals surface area (Å²) in [5.41, 5.74) is 1.11. The van der Waals surface area contributed by atoms with E-state index in [4.69, 9.17) is 0 Å². The average molecular weight is 304 g/mol. The van der Waals surface area contributed by atoms with E-state index in [1.54, 1.807) is 6.07 Å². The summed E-state index contributed by atoms with van der Waals surface area (Å²) in [6, 6.07) is 4.39. The molecule has 0 unspecified atom stereocenters. The van der Waals surface area contributed by atoms with Gasteiger partial charge in [-0.1, -0.05) is 13.0 Å². The Morgan fingerprint density at radius 3 is 2.73 bits per heavy atom. The number of amides is 2. The fourth-order valence-electron chi connectivity index (χ4n) is 3.38. The van der Waals surface area contributed by atoms with Crippen LogP contribution in [-0.4, -0.2) is 17.9 Å². The first kappa shape index (κ1) is 15.0. The van der Waals surface area contributed by atoms with Crippen LogP contribution in [0.1, 0.15) is 50.5 Å². The Morgan fingerprint density at radius 2 is 2.00 bits per heavy atom. The number of hydrogen-bond donors (Lipinski definition) is 2. The fourth-order valence-corrected chi connectivity index (χ4v) is 3.38. The predicted octanol–water partition coefficient (Wildman–Crippen LogP) is 2.95. The van der Waals surface area contributed by atoms with E-state index in [1.807, 2.05) is 0 Å². The minimum atomic E-state index is -0.524. The van der Waals surface area contributed by atoms with Crippen molar-refractivity contribution in [3.05, 3.63) is 29.6 Å². The fraction of sp³-hybridized carbons (Fsp3) is 0.529. The minimum absolute atomic E-state index is 0.119. The summed E-state index contributed by atoms with van der Waals surface area (Å²) in [6.45, 7) is 2.23. The zero-order valence-corrected chi connectivity index (χ0v) is 12.7. The van der Waals surface area contributed by atoms with Crippen LogP contribution >= 0.6 is 0 Å². The molecule has 1 aromatic rings. The molecule has 5 heteroatoms. The van der Waals surface area contributed by atoms with Gasteiger partial charge in [0.05, 0.1) is 5.92 Å². The molecule has 2 amide bonds. The van der Waals surface area contributed by atoms with Crippen molar-refractivity contribution in [1.82, 2.24) is 5.32 Å². The molecule has 1 aliphatic carbocycles. The molecule has 0 saturated heterocycles. The van der Waals surface area contributed by atoms with Gasteiger partial charge in [0.15, 0.2) is 0 Å². The van der Waals surface area contributed by atoms with Crippen LogP contribution < -0.4 is 10.6 Å². The third kappa shape index (κ3) is 3.13. The number of benzene rings is 1. The van der Waals surface area contributed by atoms with Crippen molar-refractivity contribution in [2.75, 3.05) is 5.32 Å². The lowest BCUT2D eigenvalue weighted by atomic mass is 9.86. The highest BCUT2D eigenvalue weighted by Gasteiger charge is 2.32. The zero-order chi connectivity index (χ0) is 15.7. The van der Waals surface area contributed by atoms with E-state index in [1.165, 1.54) is 12.1 Å². The predicted molar refractivity (Wildman–Crippen MR) is 82.0 cm³/mol. The molecule has 0 aromatic heterocycles. The second kappa shape index (κ2) is 6.07. The Balaban J connectivity index is 1.74. The van der Waals surface area contributed by atoms with Crippen LogP contribution in [0.15, 0.2) is 18.2 Å². The Morgan fingerprint density at radius 1 is 1.27 bits per heavy atom. The van der Waals surface area contributed by atoms with E-state index >= 15 is 0 Å². The molecular weight excluding hydrogens is 283 g/mol. The van der Waals surface area contributed by atoms with Crippen molar-refractivity contribution in [3.8, 4) is 0 Å². The van der Waals surface area contributed by atoms with Crippen molar-refractivity contribution in [2.24, 2.45) is 5.92 Å². The summed E-state index contributed by atoms with van der Waals surface area (Å²) < 4.78 is 13.3. The summed E-state index contributed by atoms with van der Waals surface area (Å²) in [4.78, 5) is 24.3. The van der Waals surface area contributed by atoms with Crippen LogP contribution in [0.2, 0.25) is 0 Å². The molecule has 2 aliphatic rings. The van der Waals surface area contributed by atoms with Gasteiger partial charge in [0.25, 0.3) is 0 Å². The lowest BCUT2D eigenvalue weighted by Crippen LogP contribution is -2.42. The first-order valence-corrected chi connectivity index (χ1v) is 7.92. The quantitative estimate of drug-likeness (QED) is 0.882. The van der Waals surface area contributed by atoms with E-state index in [-0.39, 0.29) is 24.3 Å². The van der Waals surface area contributed by atoms with Crippen LogP contribution in [0.3, 0.4) is 0 Å². The number of hydrogen-bond acceptors (Lipinski definition) is 2. The molecule has 0 spiro atoms. The van der Waals surface area contributed by atoms with Gasteiger partial charge in [0.1, 0.15) is 5.82 Å². The second-order valence-corrected chi connectivity index (χ2v) is 6.50. The first-order valence-electron chi connectivity index (χ1n) is 7.92. The summed E-state index contributed by atoms with van der Waals surface area (Å²) in [5, 5.41) is 5.71. The molecule has 1 aromatic carbocycles. The van der Waals surface area contributed by atoms with Gasteiger partial charge >= 0.3 is 0 Å². The van der Waals surface area contributed by atoms with Crippen LogP contribution in [-0.2, 0) is 9.59 Å². The maximum Gasteiger partial charge on any atom is 0.228 e. The number of nitrogens with one attached hydrogen (secondary N) is 2. The van der Waals surface area contributed by atoms with Crippen LogP contribution in [0, 0.1) is 11.7 Å². The Labute approximate surface area is 129 Å². The molecule has 118 valence electrons. The Kier molecular flexibility index (Phi) is 4.14. The molecule has 0 bridgehead atoms. The summed E-state index contributed by atoms with van der Waals surface area (Å²) in [6.07, 6.45) is 4.34. The van der Waals surface area contributed by atoms with E-state index in [0.29, 0.717) is 11.3 Å². The number of carbonyl (C=O) groups excluding carboxylic acids is 2. The molecule has 1 atom stereocenters. The van der Waals surface area contributed by atoms with Crippen molar-refractivity contribution in [3.63, 3.8) is 0 Å². The van der Waals surface area contributed by atoms with Crippen molar-refractivity contribution in [2.45, 2.75) is 51.0 Å². The summed E-state index contributed by atoms with van der Waals surface area (Å²) >= 11 is 0. The monoisotopic (exact) mass is 304 g/mol. The highest BCUT2D eigenvalue weighted by Crippen LogP contribution is 2.33. The molecule has 1 saturated carbocycles. The highest BCUT2D eigenvalue weighted by molar-refractivity contribution is 6.01. The SMILES string of the molecule is CC1CCC(NC(=O)[C@@H]2CC(=O)Nc3cc(F)ccc32)CC1. The number of carbonyl (C=O) groups is 2.